The highest BCUT2D eigenvalue weighted by atomic mass is 79.9. The third-order valence-electron chi connectivity index (χ3n) is 2.84. The number of halogens is 1. The number of aryl methyl sites for hydroxylation is 1. The molecule has 0 saturated carbocycles. The molecule has 0 bridgehead atoms. The molecule has 0 aliphatic heterocycles. The maximum absolute atomic E-state index is 4.30. The summed E-state index contributed by atoms with van der Waals surface area (Å²) in [6, 6.07) is 0. The summed E-state index contributed by atoms with van der Waals surface area (Å²) in [5.74, 6) is 0.900. The number of rotatable bonds is 4. The van der Waals surface area contributed by atoms with Crippen molar-refractivity contribution in [2.24, 2.45) is 7.05 Å². The van der Waals surface area contributed by atoms with Gasteiger partial charge in [-0.25, -0.2) is 9.97 Å². The predicted octanol–water partition coefficient (Wildman–Crippen LogP) is 0.910. The van der Waals surface area contributed by atoms with E-state index in [1.54, 1.807) is 12.5 Å². The van der Waals surface area contributed by atoms with E-state index >= 15 is 0 Å². The first kappa shape index (κ1) is 12.2. The minimum atomic E-state index is 0.663. The molecular weight excluding hydrogens is 310 g/mol. The summed E-state index contributed by atoms with van der Waals surface area (Å²) < 4.78 is 4.68. The van der Waals surface area contributed by atoms with E-state index in [9.17, 15) is 0 Å². The summed E-state index contributed by atoms with van der Waals surface area (Å²) in [4.78, 5) is 8.44. The lowest BCUT2D eigenvalue weighted by Crippen LogP contribution is -2.16. The molecule has 3 aromatic heterocycles. The highest BCUT2D eigenvalue weighted by Crippen LogP contribution is 2.10. The molecule has 0 atom stereocenters. The first-order valence-electron chi connectivity index (χ1n) is 5.75. The van der Waals surface area contributed by atoms with Crippen LogP contribution in [0.15, 0.2) is 29.5 Å². The van der Waals surface area contributed by atoms with Crippen LogP contribution in [-0.4, -0.2) is 29.1 Å². The van der Waals surface area contributed by atoms with Gasteiger partial charge in [-0.15, -0.1) is 10.2 Å². The van der Waals surface area contributed by atoms with Gasteiger partial charge in [0.05, 0.1) is 24.6 Å². The van der Waals surface area contributed by atoms with Crippen molar-refractivity contribution < 1.29 is 0 Å². The van der Waals surface area contributed by atoms with E-state index in [2.05, 4.69) is 41.4 Å². The zero-order chi connectivity index (χ0) is 13.2. The second-order valence-corrected chi connectivity index (χ2v) is 4.96. The molecule has 3 rings (SSSR count). The smallest absolute Gasteiger partial charge is 0.155 e. The lowest BCUT2D eigenvalue weighted by molar-refractivity contribution is 0.626. The van der Waals surface area contributed by atoms with Crippen molar-refractivity contribution in [1.82, 2.24) is 34.4 Å². The molecule has 3 aromatic rings. The molecule has 0 aliphatic rings. The number of hydrogen-bond acceptors (Lipinski definition) is 5. The standard InChI is InChI=1S/C11H12BrN7/c1-18-7-16-17-11(18)4-13-2-8-3-15-10-5-14-9(12)6-19(8)10/h3,5-7,13H,2,4H2,1H3. The van der Waals surface area contributed by atoms with Gasteiger partial charge in [-0.3, -0.25) is 4.40 Å². The van der Waals surface area contributed by atoms with Crippen LogP contribution in [0.2, 0.25) is 0 Å². The van der Waals surface area contributed by atoms with Crippen LogP contribution in [0.3, 0.4) is 0 Å². The number of imidazole rings is 1. The molecule has 7 nitrogen and oxygen atoms in total. The molecule has 0 saturated heterocycles. The van der Waals surface area contributed by atoms with Crippen LogP contribution >= 0.6 is 15.9 Å². The monoisotopic (exact) mass is 321 g/mol. The molecule has 1 N–H and O–H groups in total. The van der Waals surface area contributed by atoms with Gasteiger partial charge in [-0.1, -0.05) is 0 Å². The number of aromatic nitrogens is 6. The van der Waals surface area contributed by atoms with Crippen molar-refractivity contribution in [3.63, 3.8) is 0 Å². The van der Waals surface area contributed by atoms with E-state index in [1.807, 2.05) is 28.4 Å². The zero-order valence-electron chi connectivity index (χ0n) is 10.3. The second kappa shape index (κ2) is 5.06. The quantitative estimate of drug-likeness (QED) is 0.773. The molecule has 0 amide bonds. The Hall–Kier alpha value is -1.80. The Bertz CT molecular complexity index is 702. The summed E-state index contributed by atoms with van der Waals surface area (Å²) in [5.41, 5.74) is 1.90. The summed E-state index contributed by atoms with van der Waals surface area (Å²) >= 11 is 3.36. The summed E-state index contributed by atoms with van der Waals surface area (Å²) in [5, 5.41) is 11.2. The van der Waals surface area contributed by atoms with Gasteiger partial charge in [-0.2, -0.15) is 0 Å². The third-order valence-corrected chi connectivity index (χ3v) is 3.24. The Morgan fingerprint density at radius 3 is 2.95 bits per heavy atom. The van der Waals surface area contributed by atoms with Crippen LogP contribution in [-0.2, 0) is 20.1 Å². The highest BCUT2D eigenvalue weighted by Gasteiger charge is 2.05. The highest BCUT2D eigenvalue weighted by molar-refractivity contribution is 9.10. The SMILES string of the molecule is Cn1cnnc1CNCc1cnc2cnc(Br)cn12. The number of nitrogens with zero attached hydrogens (tertiary/aromatic N) is 6. The normalized spacial score (nSPS) is 11.3. The van der Waals surface area contributed by atoms with Crippen LogP contribution < -0.4 is 5.32 Å². The molecule has 0 aliphatic carbocycles. The van der Waals surface area contributed by atoms with Crippen molar-refractivity contribution in [3.8, 4) is 0 Å². The predicted molar refractivity (Wildman–Crippen MR) is 72.2 cm³/mol. The molecular formula is C11H12BrN7. The van der Waals surface area contributed by atoms with Gasteiger partial charge in [-0.05, 0) is 15.9 Å². The van der Waals surface area contributed by atoms with Gasteiger partial charge in [0.1, 0.15) is 16.8 Å². The molecule has 0 aromatic carbocycles. The van der Waals surface area contributed by atoms with E-state index in [-0.39, 0.29) is 0 Å². The topological polar surface area (TPSA) is 72.9 Å². The zero-order valence-corrected chi connectivity index (χ0v) is 11.9. The lowest BCUT2D eigenvalue weighted by atomic mass is 10.4. The first-order valence-corrected chi connectivity index (χ1v) is 6.54. The van der Waals surface area contributed by atoms with Crippen molar-refractivity contribution in [3.05, 3.63) is 41.0 Å². The van der Waals surface area contributed by atoms with Gasteiger partial charge < -0.3 is 9.88 Å². The van der Waals surface area contributed by atoms with Gasteiger partial charge in [0, 0.05) is 19.8 Å². The minimum Gasteiger partial charge on any atom is -0.320 e. The van der Waals surface area contributed by atoms with Crippen LogP contribution in [0.25, 0.3) is 5.65 Å². The molecule has 0 radical (unpaired) electrons. The first-order chi connectivity index (χ1) is 9.24. The van der Waals surface area contributed by atoms with Crippen LogP contribution in [0.1, 0.15) is 11.5 Å². The largest absolute Gasteiger partial charge is 0.320 e. The Morgan fingerprint density at radius 1 is 1.26 bits per heavy atom. The van der Waals surface area contributed by atoms with Crippen LogP contribution in [0, 0.1) is 0 Å². The fourth-order valence-corrected chi connectivity index (χ4v) is 2.12. The fourth-order valence-electron chi connectivity index (χ4n) is 1.82. The van der Waals surface area contributed by atoms with Crippen LogP contribution in [0.4, 0.5) is 0 Å². The molecule has 19 heavy (non-hydrogen) atoms. The van der Waals surface area contributed by atoms with Gasteiger partial charge in [0.25, 0.3) is 0 Å². The molecule has 8 heteroatoms. The fraction of sp³-hybridized carbons (Fsp3) is 0.273. The van der Waals surface area contributed by atoms with Gasteiger partial charge >= 0.3 is 0 Å². The lowest BCUT2D eigenvalue weighted by Gasteiger charge is -2.04. The number of hydrogen-bond donors (Lipinski definition) is 1. The molecule has 0 spiro atoms. The van der Waals surface area contributed by atoms with Crippen molar-refractivity contribution in [2.75, 3.05) is 0 Å². The van der Waals surface area contributed by atoms with E-state index in [4.69, 9.17) is 0 Å². The maximum Gasteiger partial charge on any atom is 0.155 e. The van der Waals surface area contributed by atoms with E-state index < -0.39 is 0 Å². The average molecular weight is 322 g/mol. The summed E-state index contributed by atoms with van der Waals surface area (Å²) in [6.45, 7) is 1.36. The summed E-state index contributed by atoms with van der Waals surface area (Å²) in [7, 11) is 1.92. The third kappa shape index (κ3) is 2.49. The molecule has 98 valence electrons. The van der Waals surface area contributed by atoms with E-state index in [0.29, 0.717) is 13.1 Å². The Balaban J connectivity index is 1.72. The number of fused-ring (bicyclic) bond motifs is 1. The molecule has 3 heterocycles. The van der Waals surface area contributed by atoms with E-state index in [0.717, 1.165) is 21.8 Å². The Kier molecular flexibility index (Phi) is 3.26. The Morgan fingerprint density at radius 2 is 2.16 bits per heavy atom. The summed E-state index contributed by atoms with van der Waals surface area (Å²) in [6.07, 6.45) is 7.17. The van der Waals surface area contributed by atoms with Gasteiger partial charge in [0.2, 0.25) is 0 Å². The van der Waals surface area contributed by atoms with Gasteiger partial charge in [0.15, 0.2) is 5.65 Å². The molecule has 0 unspecified atom stereocenters. The van der Waals surface area contributed by atoms with Crippen molar-refractivity contribution in [1.29, 1.82) is 0 Å². The van der Waals surface area contributed by atoms with Crippen molar-refractivity contribution in [2.45, 2.75) is 13.1 Å². The van der Waals surface area contributed by atoms with Crippen LogP contribution in [0.5, 0.6) is 0 Å². The Labute approximate surface area is 117 Å². The molecule has 0 fully saturated rings. The minimum absolute atomic E-state index is 0.663. The average Bonchev–Trinajstić information content (AvgIpc) is 2.97. The second-order valence-electron chi connectivity index (χ2n) is 4.15. The number of nitrogens with one attached hydrogen (secondary N) is 1. The maximum atomic E-state index is 4.30. The van der Waals surface area contributed by atoms with E-state index in [1.165, 1.54) is 0 Å². The van der Waals surface area contributed by atoms with Crippen molar-refractivity contribution >= 4 is 21.6 Å².